The van der Waals surface area contributed by atoms with Crippen molar-refractivity contribution in [1.29, 1.82) is 0 Å². The Morgan fingerprint density at radius 3 is 2.07 bits per heavy atom. The van der Waals surface area contributed by atoms with Crippen molar-refractivity contribution in [1.82, 2.24) is 5.32 Å². The van der Waals surface area contributed by atoms with Crippen molar-refractivity contribution >= 4 is 0 Å². The predicted octanol–water partition coefficient (Wildman–Crippen LogP) is -0.450. The highest BCUT2D eigenvalue weighted by Gasteiger charge is 2.23. The molecule has 1 unspecified atom stereocenters. The highest BCUT2D eigenvalue weighted by atomic mass is 16.3. The van der Waals surface area contributed by atoms with Gasteiger partial charge in [0.1, 0.15) is 0 Å². The second-order valence-corrected chi connectivity index (χ2v) is 4.50. The van der Waals surface area contributed by atoms with Gasteiger partial charge in [0, 0.05) is 6.54 Å². The third-order valence-electron chi connectivity index (χ3n) is 2.73. The summed E-state index contributed by atoms with van der Waals surface area (Å²) in [6.07, 6.45) is 0. The Labute approximate surface area is 86.5 Å². The molecule has 0 amide bonds. The summed E-state index contributed by atoms with van der Waals surface area (Å²) in [5.41, 5.74) is 5.03. The fourth-order valence-corrected chi connectivity index (χ4v) is 1.13. The molecule has 86 valence electrons. The third kappa shape index (κ3) is 4.37. The molecule has 0 spiro atoms. The van der Waals surface area contributed by atoms with Crippen LogP contribution >= 0.6 is 0 Å². The zero-order valence-corrected chi connectivity index (χ0v) is 9.45. The van der Waals surface area contributed by atoms with Crippen LogP contribution in [0.2, 0.25) is 0 Å². The third-order valence-corrected chi connectivity index (χ3v) is 2.73. The van der Waals surface area contributed by atoms with Crippen LogP contribution in [0.3, 0.4) is 0 Å². The molecule has 0 radical (unpaired) electrons. The minimum atomic E-state index is -0.595. The fraction of sp³-hybridized carbons (Fsp3) is 1.00. The molecule has 14 heavy (non-hydrogen) atoms. The SMILES string of the molecule is CC(C)C(CN)CNC(C)(CO)CO. The minimum Gasteiger partial charge on any atom is -0.394 e. The van der Waals surface area contributed by atoms with E-state index in [4.69, 9.17) is 15.9 Å². The first-order valence-corrected chi connectivity index (χ1v) is 5.16. The molecule has 0 saturated heterocycles. The molecule has 0 bridgehead atoms. The second-order valence-electron chi connectivity index (χ2n) is 4.50. The van der Waals surface area contributed by atoms with Crippen LogP contribution in [0.5, 0.6) is 0 Å². The monoisotopic (exact) mass is 204 g/mol. The van der Waals surface area contributed by atoms with Gasteiger partial charge in [-0.2, -0.15) is 0 Å². The van der Waals surface area contributed by atoms with E-state index in [1.54, 1.807) is 6.92 Å². The molecule has 5 N–H and O–H groups in total. The van der Waals surface area contributed by atoms with E-state index in [1.807, 2.05) is 0 Å². The number of hydrogen-bond donors (Lipinski definition) is 4. The summed E-state index contributed by atoms with van der Waals surface area (Å²) in [6.45, 7) is 7.24. The summed E-state index contributed by atoms with van der Waals surface area (Å²) in [5.74, 6) is 0.890. The molecule has 0 aromatic heterocycles. The summed E-state index contributed by atoms with van der Waals surface area (Å²) < 4.78 is 0. The van der Waals surface area contributed by atoms with E-state index in [1.165, 1.54) is 0 Å². The van der Waals surface area contributed by atoms with Gasteiger partial charge in [-0.1, -0.05) is 13.8 Å². The van der Waals surface area contributed by atoms with Gasteiger partial charge in [0.15, 0.2) is 0 Å². The number of aliphatic hydroxyl groups excluding tert-OH is 2. The van der Waals surface area contributed by atoms with Gasteiger partial charge in [-0.25, -0.2) is 0 Å². The standard InChI is InChI=1S/C10H24N2O2/c1-8(2)9(4-11)5-12-10(3,6-13)7-14/h8-9,12-14H,4-7,11H2,1-3H3. The van der Waals surface area contributed by atoms with Crippen LogP contribution in [0.1, 0.15) is 20.8 Å². The van der Waals surface area contributed by atoms with Crippen molar-refractivity contribution in [2.24, 2.45) is 17.6 Å². The van der Waals surface area contributed by atoms with E-state index in [9.17, 15) is 0 Å². The van der Waals surface area contributed by atoms with Crippen molar-refractivity contribution in [2.75, 3.05) is 26.3 Å². The van der Waals surface area contributed by atoms with Crippen LogP contribution < -0.4 is 11.1 Å². The number of nitrogens with two attached hydrogens (primary N) is 1. The Hall–Kier alpha value is -0.160. The van der Waals surface area contributed by atoms with Gasteiger partial charge in [0.25, 0.3) is 0 Å². The molecule has 4 nitrogen and oxygen atoms in total. The average molecular weight is 204 g/mol. The topological polar surface area (TPSA) is 78.5 Å². The van der Waals surface area contributed by atoms with Crippen molar-refractivity contribution < 1.29 is 10.2 Å². The lowest BCUT2D eigenvalue weighted by molar-refractivity contribution is 0.0983. The zero-order valence-electron chi connectivity index (χ0n) is 9.45. The maximum Gasteiger partial charge on any atom is 0.0633 e. The summed E-state index contributed by atoms with van der Waals surface area (Å²) in [4.78, 5) is 0. The van der Waals surface area contributed by atoms with E-state index < -0.39 is 5.54 Å². The number of nitrogens with one attached hydrogen (secondary N) is 1. The summed E-state index contributed by atoms with van der Waals surface area (Å²) in [7, 11) is 0. The minimum absolute atomic E-state index is 0.0705. The molecule has 0 aromatic rings. The van der Waals surface area contributed by atoms with Crippen LogP contribution in [0.4, 0.5) is 0 Å². The Morgan fingerprint density at radius 2 is 1.79 bits per heavy atom. The summed E-state index contributed by atoms with van der Waals surface area (Å²) >= 11 is 0. The number of rotatable bonds is 7. The molecule has 0 aliphatic carbocycles. The van der Waals surface area contributed by atoms with Crippen LogP contribution in [-0.2, 0) is 0 Å². The van der Waals surface area contributed by atoms with E-state index in [0.29, 0.717) is 18.4 Å². The Kier molecular flexibility index (Phi) is 6.27. The fourth-order valence-electron chi connectivity index (χ4n) is 1.13. The van der Waals surface area contributed by atoms with Crippen molar-refractivity contribution in [2.45, 2.75) is 26.3 Å². The summed E-state index contributed by atoms with van der Waals surface area (Å²) in [6, 6.07) is 0. The van der Waals surface area contributed by atoms with Gasteiger partial charge in [-0.3, -0.25) is 0 Å². The lowest BCUT2D eigenvalue weighted by atomic mass is 9.94. The van der Waals surface area contributed by atoms with Crippen molar-refractivity contribution in [3.05, 3.63) is 0 Å². The molecule has 0 aliphatic rings. The Morgan fingerprint density at radius 1 is 1.29 bits per heavy atom. The molecule has 0 heterocycles. The molecule has 0 saturated carbocycles. The van der Waals surface area contributed by atoms with Crippen LogP contribution in [0.25, 0.3) is 0 Å². The van der Waals surface area contributed by atoms with Crippen molar-refractivity contribution in [3.8, 4) is 0 Å². The van der Waals surface area contributed by atoms with Gasteiger partial charge >= 0.3 is 0 Å². The molecular weight excluding hydrogens is 180 g/mol. The van der Waals surface area contributed by atoms with Crippen LogP contribution in [-0.4, -0.2) is 42.1 Å². The first kappa shape index (κ1) is 13.8. The van der Waals surface area contributed by atoms with Crippen LogP contribution in [0, 0.1) is 11.8 Å². The molecule has 1 atom stereocenters. The van der Waals surface area contributed by atoms with E-state index in [0.717, 1.165) is 6.54 Å². The van der Waals surface area contributed by atoms with Gasteiger partial charge in [-0.05, 0) is 25.3 Å². The largest absolute Gasteiger partial charge is 0.394 e. The van der Waals surface area contributed by atoms with Gasteiger partial charge in [-0.15, -0.1) is 0 Å². The van der Waals surface area contributed by atoms with Gasteiger partial charge < -0.3 is 21.3 Å². The summed E-state index contributed by atoms with van der Waals surface area (Å²) in [5, 5.41) is 21.3. The van der Waals surface area contributed by atoms with Crippen LogP contribution in [0.15, 0.2) is 0 Å². The lowest BCUT2D eigenvalue weighted by Gasteiger charge is -2.30. The maximum absolute atomic E-state index is 9.06. The zero-order chi connectivity index (χ0) is 11.2. The predicted molar refractivity (Wildman–Crippen MR) is 58.0 cm³/mol. The molecule has 0 rings (SSSR count). The lowest BCUT2D eigenvalue weighted by Crippen LogP contribution is -2.51. The molecule has 0 aromatic carbocycles. The Bertz CT molecular complexity index is 147. The highest BCUT2D eigenvalue weighted by Crippen LogP contribution is 2.10. The quantitative estimate of drug-likeness (QED) is 0.453. The van der Waals surface area contributed by atoms with E-state index in [2.05, 4.69) is 19.2 Å². The molecular formula is C10H24N2O2. The molecule has 0 fully saturated rings. The first-order valence-electron chi connectivity index (χ1n) is 5.16. The molecule has 0 aliphatic heterocycles. The molecule has 4 heteroatoms. The average Bonchev–Trinajstić information content (AvgIpc) is 2.18. The number of aliphatic hydroxyl groups is 2. The van der Waals surface area contributed by atoms with Gasteiger partial charge in [0.05, 0.1) is 18.8 Å². The first-order chi connectivity index (χ1) is 6.49. The van der Waals surface area contributed by atoms with Gasteiger partial charge in [0.2, 0.25) is 0 Å². The van der Waals surface area contributed by atoms with E-state index in [-0.39, 0.29) is 13.2 Å². The smallest absolute Gasteiger partial charge is 0.0633 e. The number of hydrogen-bond acceptors (Lipinski definition) is 4. The Balaban J connectivity index is 4.00. The highest BCUT2D eigenvalue weighted by molar-refractivity contribution is 4.83. The normalized spacial score (nSPS) is 14.8. The van der Waals surface area contributed by atoms with E-state index >= 15 is 0 Å². The van der Waals surface area contributed by atoms with Crippen molar-refractivity contribution in [3.63, 3.8) is 0 Å². The maximum atomic E-state index is 9.06. The second kappa shape index (κ2) is 6.35.